The fourth-order valence-electron chi connectivity index (χ4n) is 3.73. The van der Waals surface area contributed by atoms with E-state index in [0.717, 1.165) is 37.7 Å². The Labute approximate surface area is 153 Å². The van der Waals surface area contributed by atoms with Gasteiger partial charge in [0, 0.05) is 32.3 Å². The van der Waals surface area contributed by atoms with Gasteiger partial charge in [-0.05, 0) is 48.9 Å². The van der Waals surface area contributed by atoms with Crippen LogP contribution < -0.4 is 10.3 Å². The van der Waals surface area contributed by atoms with E-state index in [1.807, 2.05) is 6.07 Å². The molecule has 6 heteroatoms. The van der Waals surface area contributed by atoms with Gasteiger partial charge in [0.05, 0.1) is 6.20 Å². The lowest BCUT2D eigenvalue weighted by Crippen LogP contribution is -2.41. The minimum atomic E-state index is -0.241. The maximum atomic E-state index is 12.0. The number of ether oxygens (including phenoxy) is 2. The second kappa shape index (κ2) is 7.60. The van der Waals surface area contributed by atoms with Crippen LogP contribution >= 0.6 is 0 Å². The summed E-state index contributed by atoms with van der Waals surface area (Å²) in [6, 6.07) is 8.49. The molecule has 0 bridgehead atoms. The van der Waals surface area contributed by atoms with Gasteiger partial charge in [-0.2, -0.15) is 5.10 Å². The van der Waals surface area contributed by atoms with Crippen molar-refractivity contribution in [2.45, 2.75) is 44.9 Å². The second-order valence-corrected chi connectivity index (χ2v) is 7.10. The number of hydrogen-bond acceptors (Lipinski definition) is 5. The third kappa shape index (κ3) is 3.66. The normalized spacial score (nSPS) is 18.0. The Morgan fingerprint density at radius 2 is 1.92 bits per heavy atom. The largest absolute Gasteiger partial charge is 0.455 e. The van der Waals surface area contributed by atoms with Gasteiger partial charge in [0.15, 0.2) is 5.75 Å². The molecule has 1 aromatic heterocycles. The molecule has 1 aliphatic carbocycles. The molecule has 1 saturated carbocycles. The Morgan fingerprint density at radius 1 is 1.12 bits per heavy atom. The topological polar surface area (TPSA) is 56.6 Å². The van der Waals surface area contributed by atoms with Gasteiger partial charge >= 0.3 is 0 Å². The van der Waals surface area contributed by atoms with Crippen LogP contribution in [0.5, 0.6) is 11.5 Å². The van der Waals surface area contributed by atoms with Crippen molar-refractivity contribution in [1.29, 1.82) is 0 Å². The molecule has 2 aromatic rings. The number of hydrogen-bond donors (Lipinski definition) is 0. The van der Waals surface area contributed by atoms with Crippen molar-refractivity contribution >= 4 is 0 Å². The van der Waals surface area contributed by atoms with Crippen molar-refractivity contribution in [3.63, 3.8) is 0 Å². The van der Waals surface area contributed by atoms with E-state index in [-0.39, 0.29) is 12.3 Å². The van der Waals surface area contributed by atoms with E-state index in [2.05, 4.69) is 22.1 Å². The van der Waals surface area contributed by atoms with Gasteiger partial charge in [-0.3, -0.25) is 9.69 Å². The number of rotatable bonds is 5. The quantitative estimate of drug-likeness (QED) is 0.825. The van der Waals surface area contributed by atoms with Crippen molar-refractivity contribution in [1.82, 2.24) is 14.7 Å². The summed E-state index contributed by atoms with van der Waals surface area (Å²) in [5.74, 6) is 1.21. The fraction of sp³-hybridized carbons (Fsp3) is 0.500. The molecule has 26 heavy (non-hydrogen) atoms. The molecule has 0 atom stereocenters. The molecular weight excluding hydrogens is 330 g/mol. The average molecular weight is 355 g/mol. The van der Waals surface area contributed by atoms with Crippen molar-refractivity contribution < 1.29 is 9.47 Å². The third-order valence-corrected chi connectivity index (χ3v) is 5.44. The molecule has 0 N–H and O–H groups in total. The van der Waals surface area contributed by atoms with Gasteiger partial charge in [-0.15, -0.1) is 0 Å². The highest BCUT2D eigenvalue weighted by atomic mass is 16.5. The van der Waals surface area contributed by atoms with E-state index in [4.69, 9.17) is 9.47 Å². The van der Waals surface area contributed by atoms with Crippen LogP contribution in [0.15, 0.2) is 35.3 Å². The summed E-state index contributed by atoms with van der Waals surface area (Å²) < 4.78 is 12.1. The summed E-state index contributed by atoms with van der Waals surface area (Å²) in [5.41, 5.74) is 2.52. The monoisotopic (exact) mass is 355 g/mol. The maximum absolute atomic E-state index is 12.0. The summed E-state index contributed by atoms with van der Waals surface area (Å²) in [4.78, 5) is 14.6. The van der Waals surface area contributed by atoms with E-state index in [9.17, 15) is 4.79 Å². The van der Waals surface area contributed by atoms with Crippen LogP contribution in [-0.2, 0) is 24.3 Å². The Hall–Kier alpha value is -2.18. The van der Waals surface area contributed by atoms with Gasteiger partial charge in [0.1, 0.15) is 12.5 Å². The van der Waals surface area contributed by atoms with Crippen LogP contribution in [0.2, 0.25) is 0 Å². The molecule has 2 heterocycles. The Bertz CT molecular complexity index is 829. The Balaban J connectivity index is 1.47. The lowest BCUT2D eigenvalue weighted by molar-refractivity contribution is 0.116. The van der Waals surface area contributed by atoms with E-state index < -0.39 is 0 Å². The van der Waals surface area contributed by atoms with E-state index >= 15 is 0 Å². The number of methoxy groups -OCH3 is 1. The maximum Gasteiger partial charge on any atom is 0.272 e. The van der Waals surface area contributed by atoms with E-state index in [1.165, 1.54) is 48.2 Å². The van der Waals surface area contributed by atoms with Crippen molar-refractivity contribution in [2.24, 2.45) is 0 Å². The zero-order valence-corrected chi connectivity index (χ0v) is 15.2. The predicted octanol–water partition coefficient (Wildman–Crippen LogP) is 2.59. The fourth-order valence-corrected chi connectivity index (χ4v) is 3.73. The van der Waals surface area contributed by atoms with Crippen LogP contribution in [0, 0.1) is 0 Å². The number of benzene rings is 1. The molecule has 6 nitrogen and oxygen atoms in total. The van der Waals surface area contributed by atoms with Crippen LogP contribution in [-0.4, -0.2) is 40.9 Å². The molecule has 4 rings (SSSR count). The van der Waals surface area contributed by atoms with Crippen molar-refractivity contribution in [3.05, 3.63) is 51.9 Å². The summed E-state index contributed by atoms with van der Waals surface area (Å²) in [5, 5.41) is 4.06. The van der Waals surface area contributed by atoms with Crippen LogP contribution in [0.3, 0.4) is 0 Å². The van der Waals surface area contributed by atoms with Crippen LogP contribution in [0.1, 0.15) is 30.4 Å². The first-order chi connectivity index (χ1) is 12.7. The van der Waals surface area contributed by atoms with Gasteiger partial charge in [0.2, 0.25) is 0 Å². The third-order valence-electron chi connectivity index (χ3n) is 5.44. The van der Waals surface area contributed by atoms with Crippen LogP contribution in [0.25, 0.3) is 0 Å². The zero-order valence-electron chi connectivity index (χ0n) is 15.2. The number of aromatic nitrogens is 2. The second-order valence-electron chi connectivity index (χ2n) is 7.10. The Morgan fingerprint density at radius 3 is 2.62 bits per heavy atom. The van der Waals surface area contributed by atoms with Gasteiger partial charge < -0.3 is 9.47 Å². The number of fused-ring (bicyclic) bond motifs is 1. The predicted molar refractivity (Wildman–Crippen MR) is 98.6 cm³/mol. The molecule has 1 fully saturated rings. The molecule has 138 valence electrons. The SMILES string of the molecule is COCn1ncc(Oc2ccc3c(c2)CCN(C2CCC2)CC3)cc1=O. The molecule has 1 aliphatic heterocycles. The average Bonchev–Trinajstić information content (AvgIpc) is 2.79. The molecule has 0 unspecified atom stereocenters. The lowest BCUT2D eigenvalue weighted by Gasteiger charge is -2.36. The summed E-state index contributed by atoms with van der Waals surface area (Å²) in [6.45, 7) is 2.41. The molecule has 0 amide bonds. The minimum Gasteiger partial charge on any atom is -0.455 e. The molecule has 0 spiro atoms. The molecule has 2 aliphatic rings. The summed E-state index contributed by atoms with van der Waals surface area (Å²) >= 11 is 0. The van der Waals surface area contributed by atoms with Crippen molar-refractivity contribution in [3.8, 4) is 11.5 Å². The molecule has 0 saturated heterocycles. The van der Waals surface area contributed by atoms with Gasteiger partial charge in [0.25, 0.3) is 5.56 Å². The highest BCUT2D eigenvalue weighted by Gasteiger charge is 2.26. The lowest BCUT2D eigenvalue weighted by atomic mass is 9.91. The first-order valence-corrected chi connectivity index (χ1v) is 9.33. The number of nitrogens with zero attached hydrogens (tertiary/aromatic N) is 3. The zero-order chi connectivity index (χ0) is 17.9. The van der Waals surface area contributed by atoms with E-state index in [1.54, 1.807) is 6.20 Å². The van der Waals surface area contributed by atoms with Gasteiger partial charge in [-0.25, -0.2) is 4.68 Å². The standard InChI is InChI=1S/C20H25N3O3/c1-25-14-23-20(24)12-19(13-21-23)26-18-6-5-15-7-9-22(17-3-2-4-17)10-8-16(15)11-18/h5-6,11-13,17H,2-4,7-10,14H2,1H3. The minimum absolute atomic E-state index is 0.134. The highest BCUT2D eigenvalue weighted by Crippen LogP contribution is 2.29. The molecular formula is C20H25N3O3. The van der Waals surface area contributed by atoms with Gasteiger partial charge in [-0.1, -0.05) is 12.5 Å². The molecule has 1 aromatic carbocycles. The molecule has 0 radical (unpaired) electrons. The smallest absolute Gasteiger partial charge is 0.272 e. The first-order valence-electron chi connectivity index (χ1n) is 9.33. The highest BCUT2D eigenvalue weighted by molar-refractivity contribution is 5.39. The van der Waals surface area contributed by atoms with Crippen LogP contribution in [0.4, 0.5) is 0 Å². The van der Waals surface area contributed by atoms with E-state index in [0.29, 0.717) is 5.75 Å². The summed E-state index contributed by atoms with van der Waals surface area (Å²) in [6.07, 6.45) is 7.78. The first kappa shape index (κ1) is 17.2. The summed E-state index contributed by atoms with van der Waals surface area (Å²) in [7, 11) is 1.53. The Kier molecular flexibility index (Phi) is 5.04. The van der Waals surface area contributed by atoms with Crippen molar-refractivity contribution in [2.75, 3.05) is 20.2 Å².